The molecule has 3 rings (SSSR count). The summed E-state index contributed by atoms with van der Waals surface area (Å²) < 4.78 is 1.65. The van der Waals surface area contributed by atoms with Gasteiger partial charge in [0.2, 0.25) is 0 Å². The van der Waals surface area contributed by atoms with Crippen molar-refractivity contribution < 1.29 is 4.79 Å². The number of benzene rings is 1. The number of amides is 2. The maximum Gasteiger partial charge on any atom is 0.319 e. The maximum absolute atomic E-state index is 11.7. The molecule has 1 aromatic heterocycles. The Labute approximate surface area is 118 Å². The third-order valence-electron chi connectivity index (χ3n) is 3.64. The van der Waals surface area contributed by atoms with E-state index in [9.17, 15) is 4.79 Å². The Balaban J connectivity index is 1.44. The van der Waals surface area contributed by atoms with E-state index in [1.54, 1.807) is 17.1 Å². The van der Waals surface area contributed by atoms with E-state index in [1.165, 1.54) is 5.56 Å². The number of hydrogen-bond acceptors (Lipinski definition) is 2. The molecule has 2 amide bonds. The average Bonchev–Trinajstić information content (AvgIpc) is 3.13. The number of carbonyl (C=O) groups is 1. The molecule has 2 atom stereocenters. The van der Waals surface area contributed by atoms with Crippen LogP contribution in [-0.4, -0.2) is 22.4 Å². The fourth-order valence-electron chi connectivity index (χ4n) is 2.47. The highest BCUT2D eigenvalue weighted by Crippen LogP contribution is 2.46. The molecule has 0 aliphatic heterocycles. The quantitative estimate of drug-likeness (QED) is 0.896. The summed E-state index contributed by atoms with van der Waals surface area (Å²) in [5, 5.41) is 9.69. The number of anilines is 1. The van der Waals surface area contributed by atoms with Crippen LogP contribution >= 0.6 is 0 Å². The number of carbonyl (C=O) groups excluding carboxylic acids is 1. The lowest BCUT2D eigenvalue weighted by molar-refractivity contribution is 0.251. The zero-order chi connectivity index (χ0) is 13.9. The van der Waals surface area contributed by atoms with Gasteiger partial charge in [-0.05, 0) is 23.8 Å². The molecule has 0 unspecified atom stereocenters. The second kappa shape index (κ2) is 5.36. The molecule has 1 fully saturated rings. The van der Waals surface area contributed by atoms with Gasteiger partial charge in [-0.2, -0.15) is 5.10 Å². The number of nitrogens with zero attached hydrogens (tertiary/aromatic N) is 2. The van der Waals surface area contributed by atoms with Crippen LogP contribution in [0.25, 0.3) is 0 Å². The van der Waals surface area contributed by atoms with Gasteiger partial charge in [0.25, 0.3) is 0 Å². The van der Waals surface area contributed by atoms with Crippen LogP contribution in [0.4, 0.5) is 10.5 Å². The molecule has 1 saturated carbocycles. The molecule has 2 N–H and O–H groups in total. The van der Waals surface area contributed by atoms with E-state index in [4.69, 9.17) is 0 Å². The van der Waals surface area contributed by atoms with Crippen molar-refractivity contribution in [1.29, 1.82) is 0 Å². The average molecular weight is 270 g/mol. The molecule has 104 valence electrons. The summed E-state index contributed by atoms with van der Waals surface area (Å²) in [4.78, 5) is 11.7. The molecular formula is C15H18N4O. The van der Waals surface area contributed by atoms with Crippen molar-refractivity contribution in [3.05, 3.63) is 48.3 Å². The van der Waals surface area contributed by atoms with Crippen LogP contribution < -0.4 is 10.6 Å². The largest absolute Gasteiger partial charge is 0.338 e. The summed E-state index contributed by atoms with van der Waals surface area (Å²) in [6.07, 6.45) is 4.55. The minimum absolute atomic E-state index is 0.170. The number of hydrogen-bond donors (Lipinski definition) is 2. The lowest BCUT2D eigenvalue weighted by Crippen LogP contribution is -2.30. The Morgan fingerprint density at radius 3 is 2.90 bits per heavy atom. The first-order chi connectivity index (χ1) is 9.72. The van der Waals surface area contributed by atoms with Crippen molar-refractivity contribution >= 4 is 11.7 Å². The summed E-state index contributed by atoms with van der Waals surface area (Å²) in [6, 6.07) is 10.3. The van der Waals surface area contributed by atoms with E-state index in [0.717, 1.165) is 6.42 Å². The second-order valence-electron chi connectivity index (χ2n) is 5.25. The monoisotopic (exact) mass is 270 g/mol. The van der Waals surface area contributed by atoms with Gasteiger partial charge in [-0.15, -0.1) is 0 Å². The smallest absolute Gasteiger partial charge is 0.319 e. The molecule has 20 heavy (non-hydrogen) atoms. The number of aryl methyl sites for hydroxylation is 1. The molecule has 1 aliphatic rings. The van der Waals surface area contributed by atoms with Gasteiger partial charge >= 0.3 is 6.03 Å². The fourth-order valence-corrected chi connectivity index (χ4v) is 2.47. The van der Waals surface area contributed by atoms with Crippen LogP contribution in [0.1, 0.15) is 17.9 Å². The second-order valence-corrected chi connectivity index (χ2v) is 5.25. The summed E-state index contributed by atoms with van der Waals surface area (Å²) in [7, 11) is 1.82. The molecule has 1 aliphatic carbocycles. The first-order valence-corrected chi connectivity index (χ1v) is 6.81. The third-order valence-corrected chi connectivity index (χ3v) is 3.64. The number of aromatic nitrogens is 2. The highest BCUT2D eigenvalue weighted by molar-refractivity contribution is 5.88. The van der Waals surface area contributed by atoms with Gasteiger partial charge in [0.15, 0.2) is 0 Å². The van der Waals surface area contributed by atoms with Gasteiger partial charge < -0.3 is 10.6 Å². The van der Waals surface area contributed by atoms with E-state index in [0.29, 0.717) is 24.1 Å². The van der Waals surface area contributed by atoms with E-state index in [2.05, 4.69) is 40.0 Å². The molecule has 0 spiro atoms. The molecule has 5 nitrogen and oxygen atoms in total. The van der Waals surface area contributed by atoms with Gasteiger partial charge in [-0.3, -0.25) is 4.68 Å². The van der Waals surface area contributed by atoms with Crippen LogP contribution in [0, 0.1) is 5.92 Å². The third kappa shape index (κ3) is 2.99. The molecular weight excluding hydrogens is 252 g/mol. The normalized spacial score (nSPS) is 20.4. The Kier molecular flexibility index (Phi) is 3.41. The summed E-state index contributed by atoms with van der Waals surface area (Å²) in [5.41, 5.74) is 2.08. The minimum Gasteiger partial charge on any atom is -0.338 e. The minimum atomic E-state index is -0.170. The molecule has 0 bridgehead atoms. The zero-order valence-electron chi connectivity index (χ0n) is 11.4. The summed E-state index contributed by atoms with van der Waals surface area (Å²) in [5.74, 6) is 1.15. The van der Waals surface area contributed by atoms with Gasteiger partial charge in [0, 0.05) is 19.8 Å². The van der Waals surface area contributed by atoms with Crippen molar-refractivity contribution in [2.24, 2.45) is 13.0 Å². The van der Waals surface area contributed by atoms with Crippen molar-refractivity contribution in [3.63, 3.8) is 0 Å². The number of nitrogens with one attached hydrogen (secondary N) is 2. The van der Waals surface area contributed by atoms with E-state index < -0.39 is 0 Å². The van der Waals surface area contributed by atoms with Crippen molar-refractivity contribution in [2.75, 3.05) is 11.9 Å². The van der Waals surface area contributed by atoms with Crippen LogP contribution in [0.5, 0.6) is 0 Å². The number of rotatable bonds is 4. The van der Waals surface area contributed by atoms with Gasteiger partial charge in [-0.25, -0.2) is 4.79 Å². The summed E-state index contributed by atoms with van der Waals surface area (Å²) >= 11 is 0. The van der Waals surface area contributed by atoms with Crippen LogP contribution in [0.2, 0.25) is 0 Å². The Hall–Kier alpha value is -2.30. The van der Waals surface area contributed by atoms with E-state index in [1.807, 2.05) is 13.1 Å². The van der Waals surface area contributed by atoms with Crippen LogP contribution in [-0.2, 0) is 7.05 Å². The highest BCUT2D eigenvalue weighted by atomic mass is 16.2. The van der Waals surface area contributed by atoms with E-state index >= 15 is 0 Å². The van der Waals surface area contributed by atoms with Crippen LogP contribution in [0.3, 0.4) is 0 Å². The Morgan fingerprint density at radius 1 is 1.40 bits per heavy atom. The SMILES string of the molecule is Cn1cc(NC(=O)NC[C@@H]2C[C@H]2c2ccccc2)cn1. The first kappa shape index (κ1) is 12.7. The molecule has 2 aromatic rings. The first-order valence-electron chi connectivity index (χ1n) is 6.81. The Morgan fingerprint density at radius 2 is 2.20 bits per heavy atom. The molecule has 1 aromatic carbocycles. The summed E-state index contributed by atoms with van der Waals surface area (Å²) in [6.45, 7) is 0.714. The van der Waals surface area contributed by atoms with Crippen molar-refractivity contribution in [1.82, 2.24) is 15.1 Å². The topological polar surface area (TPSA) is 59.0 Å². The van der Waals surface area contributed by atoms with Gasteiger partial charge in [-0.1, -0.05) is 30.3 Å². The standard InChI is InChI=1S/C15H18N4O/c1-19-10-13(9-17-19)18-15(20)16-8-12-7-14(12)11-5-3-2-4-6-11/h2-6,9-10,12,14H,7-8H2,1H3,(H2,16,18,20)/t12-,14-/m0/s1. The van der Waals surface area contributed by atoms with Gasteiger partial charge in [0.1, 0.15) is 0 Å². The molecule has 1 heterocycles. The predicted molar refractivity (Wildman–Crippen MR) is 77.5 cm³/mol. The van der Waals surface area contributed by atoms with Crippen molar-refractivity contribution in [3.8, 4) is 0 Å². The van der Waals surface area contributed by atoms with E-state index in [-0.39, 0.29) is 6.03 Å². The lowest BCUT2D eigenvalue weighted by Gasteiger charge is -2.05. The molecule has 0 radical (unpaired) electrons. The molecule has 5 heteroatoms. The predicted octanol–water partition coefficient (Wildman–Crippen LogP) is 2.35. The zero-order valence-corrected chi connectivity index (χ0v) is 11.4. The molecule has 0 saturated heterocycles. The highest BCUT2D eigenvalue weighted by Gasteiger charge is 2.37. The maximum atomic E-state index is 11.7. The van der Waals surface area contributed by atoms with Crippen LogP contribution in [0.15, 0.2) is 42.7 Å². The number of urea groups is 1. The fraction of sp³-hybridized carbons (Fsp3) is 0.333. The van der Waals surface area contributed by atoms with Crippen molar-refractivity contribution in [2.45, 2.75) is 12.3 Å². The lowest BCUT2D eigenvalue weighted by atomic mass is 10.1. The van der Waals surface area contributed by atoms with Gasteiger partial charge in [0.05, 0.1) is 11.9 Å². The Bertz CT molecular complexity index is 593.